The second-order valence-electron chi connectivity index (χ2n) is 2.51. The summed E-state index contributed by atoms with van der Waals surface area (Å²) in [5.41, 5.74) is 0. The number of carboxylic acid groups (broad SMARTS) is 1. The molecule has 0 fully saturated rings. The zero-order valence-electron chi connectivity index (χ0n) is 12.0. The smallest absolute Gasteiger partial charge is 1.00 e. The van der Waals surface area contributed by atoms with Gasteiger partial charge in [0.1, 0.15) is 18.3 Å². The van der Waals surface area contributed by atoms with Gasteiger partial charge in [0.05, 0.1) is 6.61 Å². The first-order valence-electron chi connectivity index (χ1n) is 3.47. The molecule has 0 saturated carbocycles. The molecule has 0 aromatic heterocycles. The number of aliphatic carboxylic acids is 1. The zero-order chi connectivity index (χ0) is 10.6. The molecular formula is C6H16CaMgO7. The molecule has 0 bridgehead atoms. The summed E-state index contributed by atoms with van der Waals surface area (Å²) in [7, 11) is 0. The number of aliphatic hydroxyl groups is 5. The number of hydrogen-bond donors (Lipinski definition) is 6. The molecule has 0 aliphatic carbocycles. The molecule has 0 amide bonds. The van der Waals surface area contributed by atoms with Gasteiger partial charge in [0.15, 0.2) is 6.10 Å². The van der Waals surface area contributed by atoms with Crippen LogP contribution in [0.5, 0.6) is 0 Å². The summed E-state index contributed by atoms with van der Waals surface area (Å²) in [5, 5.41) is 51.8. The Morgan fingerprint density at radius 2 is 1.53 bits per heavy atom. The fraction of sp³-hybridized carbons (Fsp3) is 0.833. The van der Waals surface area contributed by atoms with Crippen LogP contribution in [0.4, 0.5) is 0 Å². The largest absolute Gasteiger partial charge is 2.00 e. The van der Waals surface area contributed by atoms with Crippen LogP contribution >= 0.6 is 0 Å². The second kappa shape index (κ2) is 10.4. The Morgan fingerprint density at radius 1 is 1.13 bits per heavy atom. The van der Waals surface area contributed by atoms with E-state index in [1.54, 1.807) is 0 Å². The SMILES string of the molecule is O=C(O)C(O)C(O)C(O)C(O)CO.[Ca+2].[H-].[H-].[H-].[H-].[Mg+2]. The Balaban J connectivity index is -0.0000000480. The van der Waals surface area contributed by atoms with Crippen molar-refractivity contribution in [2.45, 2.75) is 24.4 Å². The summed E-state index contributed by atoms with van der Waals surface area (Å²) >= 11 is 0. The molecule has 0 radical (unpaired) electrons. The minimum atomic E-state index is -2.20. The van der Waals surface area contributed by atoms with E-state index in [9.17, 15) is 4.79 Å². The van der Waals surface area contributed by atoms with Gasteiger partial charge in [-0.05, 0) is 0 Å². The molecule has 0 aromatic carbocycles. The molecule has 6 N–H and O–H groups in total. The third-order valence-electron chi connectivity index (χ3n) is 1.51. The van der Waals surface area contributed by atoms with E-state index >= 15 is 0 Å². The van der Waals surface area contributed by atoms with Crippen LogP contribution in [-0.2, 0) is 4.79 Å². The monoisotopic (exact) mass is 264 g/mol. The van der Waals surface area contributed by atoms with E-state index in [1.165, 1.54) is 0 Å². The molecule has 0 heterocycles. The van der Waals surface area contributed by atoms with Crippen LogP contribution in [0.25, 0.3) is 0 Å². The molecule has 15 heavy (non-hydrogen) atoms. The maximum Gasteiger partial charge on any atom is 2.00 e. The van der Waals surface area contributed by atoms with Crippen molar-refractivity contribution >= 4 is 66.8 Å². The van der Waals surface area contributed by atoms with E-state index in [2.05, 4.69) is 0 Å². The maximum absolute atomic E-state index is 10.1. The van der Waals surface area contributed by atoms with Gasteiger partial charge in [-0.3, -0.25) is 0 Å². The molecule has 0 saturated heterocycles. The van der Waals surface area contributed by atoms with E-state index in [0.29, 0.717) is 0 Å². The van der Waals surface area contributed by atoms with Crippen molar-refractivity contribution in [2.75, 3.05) is 6.61 Å². The Hall–Kier alpha value is 1.30. The van der Waals surface area contributed by atoms with Crippen LogP contribution in [0.3, 0.4) is 0 Å². The van der Waals surface area contributed by atoms with Crippen LogP contribution in [0, 0.1) is 0 Å². The molecule has 0 aliphatic rings. The fourth-order valence-electron chi connectivity index (χ4n) is 0.668. The van der Waals surface area contributed by atoms with Crippen molar-refractivity contribution in [3.8, 4) is 0 Å². The average molecular weight is 265 g/mol. The molecule has 7 nitrogen and oxygen atoms in total. The molecule has 9 heteroatoms. The van der Waals surface area contributed by atoms with Gasteiger partial charge in [-0.15, -0.1) is 0 Å². The molecule has 4 atom stereocenters. The molecule has 0 rings (SSSR count). The van der Waals surface area contributed by atoms with Crippen molar-refractivity contribution in [2.24, 2.45) is 0 Å². The first-order chi connectivity index (χ1) is 5.91. The van der Waals surface area contributed by atoms with E-state index in [4.69, 9.17) is 30.6 Å². The predicted molar refractivity (Wildman–Crippen MR) is 54.7 cm³/mol. The van der Waals surface area contributed by atoms with Crippen LogP contribution in [0.2, 0.25) is 0 Å². The van der Waals surface area contributed by atoms with Crippen LogP contribution in [0.15, 0.2) is 0 Å². The molecule has 0 spiro atoms. The first kappa shape index (κ1) is 21.6. The summed E-state index contributed by atoms with van der Waals surface area (Å²) in [4.78, 5) is 10.1. The van der Waals surface area contributed by atoms with Crippen molar-refractivity contribution in [1.29, 1.82) is 0 Å². The van der Waals surface area contributed by atoms with E-state index < -0.39 is 37.0 Å². The van der Waals surface area contributed by atoms with E-state index in [0.717, 1.165) is 0 Å². The van der Waals surface area contributed by atoms with Crippen molar-refractivity contribution in [3.63, 3.8) is 0 Å². The number of carboxylic acids is 1. The van der Waals surface area contributed by atoms with Crippen LogP contribution in [0.1, 0.15) is 5.71 Å². The van der Waals surface area contributed by atoms with Gasteiger partial charge < -0.3 is 36.3 Å². The van der Waals surface area contributed by atoms with Gasteiger partial charge in [-0.25, -0.2) is 4.79 Å². The van der Waals surface area contributed by atoms with Crippen LogP contribution < -0.4 is 0 Å². The van der Waals surface area contributed by atoms with Crippen molar-refractivity contribution < 1.29 is 41.1 Å². The van der Waals surface area contributed by atoms with Crippen molar-refractivity contribution in [3.05, 3.63) is 0 Å². The Labute approximate surface area is 138 Å². The number of aliphatic hydroxyl groups excluding tert-OH is 5. The molecule has 86 valence electrons. The van der Waals surface area contributed by atoms with Gasteiger partial charge in [0.2, 0.25) is 0 Å². The quantitative estimate of drug-likeness (QED) is 0.280. The van der Waals surface area contributed by atoms with Gasteiger partial charge >= 0.3 is 66.8 Å². The zero-order valence-corrected chi connectivity index (χ0v) is 11.6. The first-order valence-corrected chi connectivity index (χ1v) is 3.47. The second-order valence-corrected chi connectivity index (χ2v) is 2.51. The summed E-state index contributed by atoms with van der Waals surface area (Å²) in [5.74, 6) is -1.73. The number of rotatable bonds is 5. The van der Waals surface area contributed by atoms with E-state index in [-0.39, 0.29) is 66.5 Å². The summed E-state index contributed by atoms with van der Waals surface area (Å²) < 4.78 is 0. The molecule has 4 unspecified atom stereocenters. The third kappa shape index (κ3) is 7.26. The molecule has 0 aromatic rings. The Kier molecular flexibility index (Phi) is 15.0. The summed E-state index contributed by atoms with van der Waals surface area (Å²) in [6, 6.07) is 0. The fourth-order valence-corrected chi connectivity index (χ4v) is 0.668. The number of carbonyl (C=O) groups is 1. The standard InChI is InChI=1S/C6H12O7.Ca.Mg.4H/c7-1-2(8)3(9)4(10)5(11)6(12)13;;;;;;/h2-5,7-11H,1H2,(H,12,13);;;;;;/q;2*+2;4*-1. The Bertz CT molecular complexity index is 195. The topological polar surface area (TPSA) is 138 Å². The van der Waals surface area contributed by atoms with Gasteiger partial charge in [-0.1, -0.05) is 0 Å². The van der Waals surface area contributed by atoms with Gasteiger partial charge in [0, 0.05) is 0 Å². The minimum Gasteiger partial charge on any atom is -1.00 e. The summed E-state index contributed by atoms with van der Waals surface area (Å²) in [6.07, 6.45) is -7.84. The van der Waals surface area contributed by atoms with Gasteiger partial charge in [-0.2, -0.15) is 0 Å². The van der Waals surface area contributed by atoms with Crippen LogP contribution in [-0.4, -0.2) is 128 Å². The molecule has 0 aliphatic heterocycles. The molecular weight excluding hydrogens is 248 g/mol. The minimum absolute atomic E-state index is 0. The number of hydrogen-bond acceptors (Lipinski definition) is 6. The third-order valence-corrected chi connectivity index (χ3v) is 1.51. The normalized spacial score (nSPS) is 17.7. The van der Waals surface area contributed by atoms with E-state index in [1.807, 2.05) is 0 Å². The predicted octanol–water partition coefficient (Wildman–Crippen LogP) is -3.80. The van der Waals surface area contributed by atoms with Gasteiger partial charge in [0.25, 0.3) is 0 Å². The Morgan fingerprint density at radius 3 is 1.80 bits per heavy atom. The van der Waals surface area contributed by atoms with Crippen molar-refractivity contribution in [1.82, 2.24) is 0 Å². The average Bonchev–Trinajstić information content (AvgIpc) is 2.12. The summed E-state index contributed by atoms with van der Waals surface area (Å²) in [6.45, 7) is -0.843. The maximum atomic E-state index is 10.1.